The second kappa shape index (κ2) is 4.78. The van der Waals surface area contributed by atoms with Crippen molar-refractivity contribution in [2.45, 2.75) is 13.8 Å². The summed E-state index contributed by atoms with van der Waals surface area (Å²) in [7, 11) is -3.26. The lowest BCUT2D eigenvalue weighted by Gasteiger charge is -2.30. The fraction of sp³-hybridized carbons (Fsp3) is 1.00. The third-order valence-corrected chi connectivity index (χ3v) is 4.66. The number of ether oxygens (including phenoxy) is 1. The minimum absolute atomic E-state index is 0.0174. The molecule has 0 amide bonds. The maximum atomic E-state index is 11.9. The summed E-state index contributed by atoms with van der Waals surface area (Å²) in [6, 6.07) is 0. The molecular formula is C9H19NO4S. The van der Waals surface area contributed by atoms with Gasteiger partial charge in [0.1, 0.15) is 0 Å². The highest BCUT2D eigenvalue weighted by molar-refractivity contribution is 7.89. The Morgan fingerprint density at radius 3 is 2.33 bits per heavy atom. The molecule has 5 nitrogen and oxygen atoms in total. The van der Waals surface area contributed by atoms with Gasteiger partial charge in [-0.2, -0.15) is 4.31 Å². The lowest BCUT2D eigenvalue weighted by Crippen LogP contribution is -2.44. The van der Waals surface area contributed by atoms with Gasteiger partial charge in [-0.3, -0.25) is 0 Å². The molecule has 1 aliphatic rings. The number of morpholine rings is 1. The van der Waals surface area contributed by atoms with Crippen molar-refractivity contribution in [3.05, 3.63) is 0 Å². The number of hydrogen-bond acceptors (Lipinski definition) is 4. The molecule has 1 fully saturated rings. The second-order valence-corrected chi connectivity index (χ2v) is 6.56. The van der Waals surface area contributed by atoms with E-state index in [2.05, 4.69) is 0 Å². The van der Waals surface area contributed by atoms with E-state index in [-0.39, 0.29) is 12.4 Å². The van der Waals surface area contributed by atoms with Gasteiger partial charge < -0.3 is 9.84 Å². The van der Waals surface area contributed by atoms with Crippen molar-refractivity contribution in [2.75, 3.05) is 38.7 Å². The first-order valence-electron chi connectivity index (χ1n) is 5.04. The fourth-order valence-electron chi connectivity index (χ4n) is 1.46. The van der Waals surface area contributed by atoms with E-state index in [9.17, 15) is 8.42 Å². The van der Waals surface area contributed by atoms with Crippen LogP contribution < -0.4 is 0 Å². The van der Waals surface area contributed by atoms with Crippen LogP contribution in [0.25, 0.3) is 0 Å². The van der Waals surface area contributed by atoms with E-state index in [0.717, 1.165) is 0 Å². The summed E-state index contributed by atoms with van der Waals surface area (Å²) in [6.45, 7) is 5.11. The van der Waals surface area contributed by atoms with Crippen LogP contribution in [0.3, 0.4) is 0 Å². The molecule has 0 radical (unpaired) electrons. The zero-order chi connectivity index (χ0) is 11.5. The minimum Gasteiger partial charge on any atom is -0.396 e. The molecule has 0 saturated carbocycles. The predicted molar refractivity (Wildman–Crippen MR) is 57.0 cm³/mol. The van der Waals surface area contributed by atoms with Crippen molar-refractivity contribution >= 4 is 10.0 Å². The largest absolute Gasteiger partial charge is 0.396 e. The average molecular weight is 237 g/mol. The Kier molecular flexibility index (Phi) is 4.11. The topological polar surface area (TPSA) is 66.8 Å². The first-order chi connectivity index (χ1) is 6.87. The summed E-state index contributed by atoms with van der Waals surface area (Å²) in [5.74, 6) is -0.0174. The SMILES string of the molecule is CC(C)(CO)CS(=O)(=O)N1CCOCC1. The Morgan fingerprint density at radius 2 is 1.87 bits per heavy atom. The molecule has 0 aromatic heterocycles. The number of hydrogen-bond donors (Lipinski definition) is 1. The van der Waals surface area contributed by atoms with E-state index in [1.807, 2.05) is 0 Å². The normalized spacial score (nSPS) is 20.5. The van der Waals surface area contributed by atoms with Gasteiger partial charge in [-0.1, -0.05) is 13.8 Å². The highest BCUT2D eigenvalue weighted by Gasteiger charge is 2.31. The predicted octanol–water partition coefficient (Wildman–Crippen LogP) is -0.333. The minimum atomic E-state index is -3.26. The number of aliphatic hydroxyl groups excluding tert-OH is 1. The van der Waals surface area contributed by atoms with Crippen LogP contribution in [0.2, 0.25) is 0 Å². The van der Waals surface area contributed by atoms with E-state index < -0.39 is 15.4 Å². The zero-order valence-corrected chi connectivity index (χ0v) is 10.1. The summed E-state index contributed by atoms with van der Waals surface area (Å²) in [5.41, 5.74) is -0.586. The van der Waals surface area contributed by atoms with Gasteiger partial charge in [-0.15, -0.1) is 0 Å². The van der Waals surface area contributed by atoms with E-state index >= 15 is 0 Å². The Balaban J connectivity index is 2.65. The van der Waals surface area contributed by atoms with Crippen molar-refractivity contribution in [3.63, 3.8) is 0 Å². The smallest absolute Gasteiger partial charge is 0.214 e. The number of sulfonamides is 1. The molecule has 0 spiro atoms. The van der Waals surface area contributed by atoms with Crippen molar-refractivity contribution in [1.82, 2.24) is 4.31 Å². The standard InChI is InChI=1S/C9H19NO4S/c1-9(2,7-11)8-15(12,13)10-3-5-14-6-4-10/h11H,3-8H2,1-2H3. The monoisotopic (exact) mass is 237 g/mol. The van der Waals surface area contributed by atoms with E-state index in [4.69, 9.17) is 9.84 Å². The van der Waals surface area contributed by atoms with Crippen molar-refractivity contribution in [2.24, 2.45) is 5.41 Å². The van der Waals surface area contributed by atoms with Crippen LogP contribution in [0.5, 0.6) is 0 Å². The molecule has 1 rings (SSSR count). The third-order valence-electron chi connectivity index (χ3n) is 2.36. The molecule has 1 N–H and O–H groups in total. The van der Waals surface area contributed by atoms with Gasteiger partial charge in [0.25, 0.3) is 0 Å². The van der Waals surface area contributed by atoms with Gasteiger partial charge in [-0.05, 0) is 0 Å². The summed E-state index contributed by atoms with van der Waals surface area (Å²) >= 11 is 0. The highest BCUT2D eigenvalue weighted by atomic mass is 32.2. The van der Waals surface area contributed by atoms with Gasteiger partial charge in [-0.25, -0.2) is 8.42 Å². The molecule has 1 heterocycles. The number of nitrogens with zero attached hydrogens (tertiary/aromatic N) is 1. The van der Waals surface area contributed by atoms with E-state index in [1.54, 1.807) is 13.8 Å². The lowest BCUT2D eigenvalue weighted by atomic mass is 9.98. The Bertz CT molecular complexity index is 293. The Morgan fingerprint density at radius 1 is 1.33 bits per heavy atom. The van der Waals surface area contributed by atoms with Crippen LogP contribution in [0, 0.1) is 5.41 Å². The molecule has 0 aliphatic carbocycles. The second-order valence-electron chi connectivity index (χ2n) is 4.59. The van der Waals surface area contributed by atoms with E-state index in [1.165, 1.54) is 4.31 Å². The van der Waals surface area contributed by atoms with Crippen LogP contribution in [0.15, 0.2) is 0 Å². The van der Waals surface area contributed by atoms with Gasteiger partial charge in [0.05, 0.1) is 19.0 Å². The van der Waals surface area contributed by atoms with Crippen LogP contribution in [-0.2, 0) is 14.8 Å². The van der Waals surface area contributed by atoms with Gasteiger partial charge in [0, 0.05) is 25.1 Å². The Labute approximate surface area is 91.1 Å². The lowest BCUT2D eigenvalue weighted by molar-refractivity contribution is 0.0721. The molecule has 0 unspecified atom stereocenters. The number of aliphatic hydroxyl groups is 1. The molecule has 1 saturated heterocycles. The van der Waals surface area contributed by atoms with Crippen molar-refractivity contribution < 1.29 is 18.3 Å². The Hall–Kier alpha value is -0.170. The van der Waals surface area contributed by atoms with Gasteiger partial charge in [0.2, 0.25) is 10.0 Å². The molecule has 0 aromatic rings. The molecule has 0 atom stereocenters. The van der Waals surface area contributed by atoms with Crippen LogP contribution in [-0.4, -0.2) is 56.5 Å². The van der Waals surface area contributed by atoms with Crippen LogP contribution in [0.1, 0.15) is 13.8 Å². The third kappa shape index (κ3) is 3.71. The molecular weight excluding hydrogens is 218 g/mol. The van der Waals surface area contributed by atoms with Crippen molar-refractivity contribution in [3.8, 4) is 0 Å². The van der Waals surface area contributed by atoms with Gasteiger partial charge >= 0.3 is 0 Å². The van der Waals surface area contributed by atoms with Crippen LogP contribution >= 0.6 is 0 Å². The zero-order valence-electron chi connectivity index (χ0n) is 9.27. The quantitative estimate of drug-likeness (QED) is 0.727. The molecule has 0 aromatic carbocycles. The summed E-state index contributed by atoms with van der Waals surface area (Å²) in [6.07, 6.45) is 0. The maximum Gasteiger partial charge on any atom is 0.214 e. The number of rotatable bonds is 4. The van der Waals surface area contributed by atoms with E-state index in [0.29, 0.717) is 26.3 Å². The first-order valence-corrected chi connectivity index (χ1v) is 6.65. The molecule has 15 heavy (non-hydrogen) atoms. The molecule has 0 bridgehead atoms. The fourth-order valence-corrected chi connectivity index (χ4v) is 3.42. The van der Waals surface area contributed by atoms with Gasteiger partial charge in [0.15, 0.2) is 0 Å². The summed E-state index contributed by atoms with van der Waals surface area (Å²) < 4.78 is 30.4. The first kappa shape index (κ1) is 12.9. The molecule has 1 aliphatic heterocycles. The summed E-state index contributed by atoms with van der Waals surface area (Å²) in [4.78, 5) is 0. The maximum absolute atomic E-state index is 11.9. The van der Waals surface area contributed by atoms with Crippen LogP contribution in [0.4, 0.5) is 0 Å². The molecule has 6 heteroatoms. The highest BCUT2D eigenvalue weighted by Crippen LogP contribution is 2.19. The average Bonchev–Trinajstić information content (AvgIpc) is 2.18. The van der Waals surface area contributed by atoms with Crippen molar-refractivity contribution in [1.29, 1.82) is 0 Å². The summed E-state index contributed by atoms with van der Waals surface area (Å²) in [5, 5.41) is 9.05. The molecule has 90 valence electrons.